The Morgan fingerprint density at radius 2 is 2.39 bits per heavy atom. The molecule has 1 heterocycles. The fraction of sp³-hybridized carbons (Fsp3) is 0.500. The Bertz CT molecular complexity index is 433. The van der Waals surface area contributed by atoms with E-state index in [2.05, 4.69) is 10.6 Å². The van der Waals surface area contributed by atoms with Gasteiger partial charge in [-0.3, -0.25) is 10.1 Å². The molecular formula is C12H16FN3O2. The van der Waals surface area contributed by atoms with Crippen LogP contribution < -0.4 is 10.6 Å². The number of halogens is 1. The fourth-order valence-electron chi connectivity index (χ4n) is 2.19. The molecule has 1 aliphatic heterocycles. The van der Waals surface area contributed by atoms with Crippen molar-refractivity contribution < 1.29 is 9.31 Å². The summed E-state index contributed by atoms with van der Waals surface area (Å²) in [6.07, 6.45) is 3.19. The molecule has 0 aliphatic carbocycles. The molecule has 98 valence electrons. The minimum Gasteiger partial charge on any atom is -0.379 e. The van der Waals surface area contributed by atoms with Gasteiger partial charge in [0.25, 0.3) is 5.69 Å². The third-order valence-electron chi connectivity index (χ3n) is 3.13. The maximum absolute atomic E-state index is 13.1. The van der Waals surface area contributed by atoms with Crippen LogP contribution in [0.2, 0.25) is 0 Å². The standard InChI is InChI=1S/C12H16FN3O2/c13-9-3-4-12(16(17)18)11(8-9)15-7-5-10-2-1-6-14-10/h3-4,8,10,14-15H,1-2,5-7H2/t10-/m0/s1. The predicted octanol–water partition coefficient (Wildman–Crippen LogP) is 2.29. The number of rotatable bonds is 5. The lowest BCUT2D eigenvalue weighted by molar-refractivity contribution is -0.384. The van der Waals surface area contributed by atoms with Gasteiger partial charge < -0.3 is 10.6 Å². The van der Waals surface area contributed by atoms with Crippen LogP contribution >= 0.6 is 0 Å². The van der Waals surface area contributed by atoms with E-state index in [0.717, 1.165) is 25.5 Å². The van der Waals surface area contributed by atoms with E-state index in [1.165, 1.54) is 18.6 Å². The fourth-order valence-corrected chi connectivity index (χ4v) is 2.19. The summed E-state index contributed by atoms with van der Waals surface area (Å²) in [5.74, 6) is -0.470. The summed E-state index contributed by atoms with van der Waals surface area (Å²) in [6, 6.07) is 3.91. The minimum absolute atomic E-state index is 0.0872. The average Bonchev–Trinajstić information content (AvgIpc) is 2.82. The number of anilines is 1. The van der Waals surface area contributed by atoms with E-state index in [-0.39, 0.29) is 11.4 Å². The largest absolute Gasteiger partial charge is 0.379 e. The Kier molecular flexibility index (Phi) is 4.09. The summed E-state index contributed by atoms with van der Waals surface area (Å²) in [6.45, 7) is 1.63. The van der Waals surface area contributed by atoms with Gasteiger partial charge in [-0.1, -0.05) is 0 Å². The first-order chi connectivity index (χ1) is 8.66. The highest BCUT2D eigenvalue weighted by molar-refractivity contribution is 5.61. The van der Waals surface area contributed by atoms with Gasteiger partial charge >= 0.3 is 0 Å². The number of nitrogens with zero attached hydrogens (tertiary/aromatic N) is 1. The van der Waals surface area contributed by atoms with Gasteiger partial charge in [0.2, 0.25) is 0 Å². The van der Waals surface area contributed by atoms with Crippen LogP contribution in [-0.2, 0) is 0 Å². The van der Waals surface area contributed by atoms with Crippen molar-refractivity contribution in [3.63, 3.8) is 0 Å². The molecule has 1 aromatic carbocycles. The van der Waals surface area contributed by atoms with Crippen molar-refractivity contribution in [3.05, 3.63) is 34.1 Å². The Hall–Kier alpha value is -1.69. The Balaban J connectivity index is 1.94. The van der Waals surface area contributed by atoms with E-state index in [0.29, 0.717) is 12.6 Å². The molecule has 0 radical (unpaired) electrons. The lowest BCUT2D eigenvalue weighted by atomic mass is 10.1. The van der Waals surface area contributed by atoms with Gasteiger partial charge in [0.1, 0.15) is 11.5 Å². The molecule has 1 saturated heterocycles. The Morgan fingerprint density at radius 3 is 3.06 bits per heavy atom. The number of hydrogen-bond acceptors (Lipinski definition) is 4. The Morgan fingerprint density at radius 1 is 1.56 bits per heavy atom. The van der Waals surface area contributed by atoms with Crippen LogP contribution in [0.3, 0.4) is 0 Å². The van der Waals surface area contributed by atoms with Gasteiger partial charge in [-0.15, -0.1) is 0 Å². The molecule has 0 spiro atoms. The van der Waals surface area contributed by atoms with E-state index < -0.39 is 10.7 Å². The molecule has 1 atom stereocenters. The highest BCUT2D eigenvalue weighted by Crippen LogP contribution is 2.25. The number of nitro benzene ring substituents is 1. The number of hydrogen-bond donors (Lipinski definition) is 2. The average molecular weight is 253 g/mol. The lowest BCUT2D eigenvalue weighted by Gasteiger charge is -2.11. The van der Waals surface area contributed by atoms with Crippen LogP contribution in [0.25, 0.3) is 0 Å². The van der Waals surface area contributed by atoms with Crippen molar-refractivity contribution in [1.82, 2.24) is 5.32 Å². The van der Waals surface area contributed by atoms with E-state index in [1.807, 2.05) is 0 Å². The Labute approximate surface area is 105 Å². The maximum Gasteiger partial charge on any atom is 0.292 e. The third-order valence-corrected chi connectivity index (χ3v) is 3.13. The second-order valence-corrected chi connectivity index (χ2v) is 4.43. The van der Waals surface area contributed by atoms with Crippen molar-refractivity contribution in [2.24, 2.45) is 0 Å². The van der Waals surface area contributed by atoms with E-state index >= 15 is 0 Å². The molecule has 1 aromatic rings. The molecule has 0 aromatic heterocycles. The van der Waals surface area contributed by atoms with Crippen molar-refractivity contribution >= 4 is 11.4 Å². The zero-order valence-corrected chi connectivity index (χ0v) is 9.99. The molecule has 18 heavy (non-hydrogen) atoms. The topological polar surface area (TPSA) is 67.2 Å². The summed E-state index contributed by atoms with van der Waals surface area (Å²) < 4.78 is 13.1. The molecule has 2 rings (SSSR count). The SMILES string of the molecule is O=[N+]([O-])c1ccc(F)cc1NCC[C@@H]1CCCN1. The van der Waals surface area contributed by atoms with Crippen LogP contribution in [0, 0.1) is 15.9 Å². The van der Waals surface area contributed by atoms with Gasteiger partial charge in [-0.05, 0) is 31.9 Å². The summed E-state index contributed by atoms with van der Waals surface area (Å²) in [4.78, 5) is 10.3. The first-order valence-corrected chi connectivity index (χ1v) is 6.08. The van der Waals surface area contributed by atoms with Crippen LogP contribution in [0.5, 0.6) is 0 Å². The van der Waals surface area contributed by atoms with Gasteiger partial charge in [-0.2, -0.15) is 0 Å². The first-order valence-electron chi connectivity index (χ1n) is 6.08. The second-order valence-electron chi connectivity index (χ2n) is 4.43. The molecule has 1 aliphatic rings. The second kappa shape index (κ2) is 5.77. The molecule has 0 saturated carbocycles. The smallest absolute Gasteiger partial charge is 0.292 e. The molecule has 2 N–H and O–H groups in total. The van der Waals surface area contributed by atoms with Gasteiger partial charge in [-0.25, -0.2) is 4.39 Å². The first kappa shape index (κ1) is 12.8. The summed E-state index contributed by atoms with van der Waals surface area (Å²) >= 11 is 0. The zero-order valence-electron chi connectivity index (χ0n) is 9.99. The minimum atomic E-state index is -0.504. The van der Waals surface area contributed by atoms with Gasteiger partial charge in [0.15, 0.2) is 0 Å². The summed E-state index contributed by atoms with van der Waals surface area (Å²) in [7, 11) is 0. The highest BCUT2D eigenvalue weighted by Gasteiger charge is 2.16. The monoisotopic (exact) mass is 253 g/mol. The van der Waals surface area contributed by atoms with E-state index in [9.17, 15) is 14.5 Å². The van der Waals surface area contributed by atoms with Crippen molar-refractivity contribution in [2.75, 3.05) is 18.4 Å². The molecule has 5 nitrogen and oxygen atoms in total. The lowest BCUT2D eigenvalue weighted by Crippen LogP contribution is -2.24. The van der Waals surface area contributed by atoms with Crippen LogP contribution in [-0.4, -0.2) is 24.1 Å². The summed E-state index contributed by atoms with van der Waals surface area (Å²) in [5, 5.41) is 17.1. The number of benzene rings is 1. The highest BCUT2D eigenvalue weighted by atomic mass is 19.1. The normalized spacial score (nSPS) is 18.8. The summed E-state index contributed by atoms with van der Waals surface area (Å²) in [5.41, 5.74) is 0.161. The van der Waals surface area contributed by atoms with Crippen molar-refractivity contribution in [1.29, 1.82) is 0 Å². The molecule has 1 fully saturated rings. The van der Waals surface area contributed by atoms with Crippen LogP contribution in [0.15, 0.2) is 18.2 Å². The van der Waals surface area contributed by atoms with Crippen molar-refractivity contribution in [2.45, 2.75) is 25.3 Å². The number of nitro groups is 1. The molecular weight excluding hydrogens is 237 g/mol. The third kappa shape index (κ3) is 3.16. The molecule has 0 bridgehead atoms. The quantitative estimate of drug-likeness (QED) is 0.624. The predicted molar refractivity (Wildman–Crippen MR) is 67.2 cm³/mol. The van der Waals surface area contributed by atoms with E-state index in [1.54, 1.807) is 0 Å². The van der Waals surface area contributed by atoms with Crippen LogP contribution in [0.1, 0.15) is 19.3 Å². The molecule has 0 unspecified atom stereocenters. The zero-order chi connectivity index (χ0) is 13.0. The van der Waals surface area contributed by atoms with Gasteiger partial charge in [0.05, 0.1) is 4.92 Å². The maximum atomic E-state index is 13.1. The van der Waals surface area contributed by atoms with Gasteiger partial charge in [0, 0.05) is 24.7 Å². The van der Waals surface area contributed by atoms with Crippen molar-refractivity contribution in [3.8, 4) is 0 Å². The number of nitrogens with one attached hydrogen (secondary N) is 2. The molecule has 0 amide bonds. The van der Waals surface area contributed by atoms with Crippen LogP contribution in [0.4, 0.5) is 15.8 Å². The van der Waals surface area contributed by atoms with E-state index in [4.69, 9.17) is 0 Å². The molecule has 6 heteroatoms.